The van der Waals surface area contributed by atoms with Crippen LogP contribution in [0.4, 0.5) is 0 Å². The lowest BCUT2D eigenvalue weighted by atomic mass is 9.84. The highest BCUT2D eigenvalue weighted by atomic mass is 16.6. The van der Waals surface area contributed by atoms with Crippen LogP contribution in [0.25, 0.3) is 33.0 Å². The Morgan fingerprint density at radius 1 is 0.614 bits per heavy atom. The van der Waals surface area contributed by atoms with Crippen LogP contribution in [0.5, 0.6) is 51.7 Å². The fourth-order valence-corrected chi connectivity index (χ4v) is 5.34. The molecule has 6 bridgehead atoms. The molecule has 0 unspecified atom stereocenters. The van der Waals surface area contributed by atoms with E-state index in [1.807, 2.05) is 0 Å². The van der Waals surface area contributed by atoms with Crippen molar-refractivity contribution in [2.45, 2.75) is 18.3 Å². The molecule has 0 saturated heterocycles. The smallest absolute Gasteiger partial charge is 0.344 e. The molecule has 3 aliphatic heterocycles. The minimum absolute atomic E-state index is 0.489. The number of hydrogen-bond donors (Lipinski definition) is 11. The Morgan fingerprint density at radius 2 is 1.18 bits per heavy atom. The van der Waals surface area contributed by atoms with Crippen LogP contribution in [-0.4, -0.2) is 86.9 Å². The Labute approximate surface area is 241 Å². The minimum Gasteiger partial charge on any atom is -0.504 e. The Balaban J connectivity index is 1.98. The molecule has 44 heavy (non-hydrogen) atoms. The van der Waals surface area contributed by atoms with Gasteiger partial charge in [0.1, 0.15) is 6.10 Å². The fraction of sp³-hybridized carbons (Fsp3) is 0.148. The maximum atomic E-state index is 14.0. The van der Waals surface area contributed by atoms with Gasteiger partial charge in [0, 0.05) is 27.6 Å². The largest absolute Gasteiger partial charge is 0.504 e. The molecule has 3 aliphatic rings. The quantitative estimate of drug-likeness (QED) is 0.103. The molecule has 3 atom stereocenters. The fourth-order valence-electron chi connectivity index (χ4n) is 5.34. The molecule has 4 heterocycles. The molecule has 228 valence electrons. The molecule has 0 fully saturated rings. The van der Waals surface area contributed by atoms with Crippen LogP contribution in [0, 0.1) is 0 Å². The van der Waals surface area contributed by atoms with Crippen molar-refractivity contribution >= 4 is 22.7 Å². The standard InChI is InChI=1S/C27H18O17/c28-3-8-17(32)24-7-2-4-10(26(40)42-7)12(20(35)22(37)15(4)30)13-14(27(41)44-24)11(19(34)23(38)21(13)36)9-5(25(39)43-8)1-6(29)16(31)18(9)33/h1-2,8,17,24,28-38H,3H2/t8-,17+,24+/m0/s1. The van der Waals surface area contributed by atoms with Crippen molar-refractivity contribution in [2.24, 2.45) is 0 Å². The Hall–Kier alpha value is -6.07. The van der Waals surface area contributed by atoms with Gasteiger partial charge in [-0.25, -0.2) is 14.4 Å². The van der Waals surface area contributed by atoms with Crippen molar-refractivity contribution in [1.82, 2.24) is 0 Å². The summed E-state index contributed by atoms with van der Waals surface area (Å²) in [6, 6.07) is 1.27. The Kier molecular flexibility index (Phi) is 5.88. The van der Waals surface area contributed by atoms with E-state index in [-0.39, 0.29) is 0 Å². The van der Waals surface area contributed by atoms with Gasteiger partial charge in [-0.05, 0) is 12.1 Å². The summed E-state index contributed by atoms with van der Waals surface area (Å²) in [6.45, 7) is -1.20. The maximum Gasteiger partial charge on any atom is 0.344 e. The van der Waals surface area contributed by atoms with Crippen LogP contribution in [0.1, 0.15) is 32.6 Å². The molecule has 17 nitrogen and oxygen atoms in total. The molecule has 1 aromatic heterocycles. The van der Waals surface area contributed by atoms with Crippen molar-refractivity contribution < 1.29 is 79.7 Å². The monoisotopic (exact) mass is 614 g/mol. The molecule has 17 heteroatoms. The van der Waals surface area contributed by atoms with Crippen molar-refractivity contribution in [3.05, 3.63) is 39.4 Å². The number of phenols is 9. The number of carbonyl (C=O) groups is 2. The van der Waals surface area contributed by atoms with Gasteiger partial charge in [0.05, 0.1) is 23.1 Å². The first kappa shape index (κ1) is 28.1. The average molecular weight is 614 g/mol. The van der Waals surface area contributed by atoms with E-state index >= 15 is 0 Å². The summed E-state index contributed by atoms with van der Waals surface area (Å²) in [6.07, 6.45) is -6.55. The number of cyclic esters (lactones) is 1. The minimum atomic E-state index is -2.30. The zero-order chi connectivity index (χ0) is 32.1. The number of esters is 2. The second-order valence-corrected chi connectivity index (χ2v) is 9.77. The van der Waals surface area contributed by atoms with E-state index in [1.165, 1.54) is 0 Å². The van der Waals surface area contributed by atoms with Crippen LogP contribution in [0.15, 0.2) is 21.3 Å². The molecule has 0 spiro atoms. The van der Waals surface area contributed by atoms with Crippen molar-refractivity contribution in [3.63, 3.8) is 0 Å². The van der Waals surface area contributed by atoms with Gasteiger partial charge in [-0.15, -0.1) is 0 Å². The van der Waals surface area contributed by atoms with Gasteiger partial charge in [-0.3, -0.25) is 0 Å². The third-order valence-electron chi connectivity index (χ3n) is 7.41. The number of phenolic OH excluding ortho intramolecular Hbond substituents is 9. The van der Waals surface area contributed by atoms with Gasteiger partial charge in [-0.2, -0.15) is 0 Å². The molecule has 0 amide bonds. The van der Waals surface area contributed by atoms with Crippen LogP contribution >= 0.6 is 0 Å². The molecule has 0 aliphatic carbocycles. The van der Waals surface area contributed by atoms with Gasteiger partial charge in [0.15, 0.2) is 52.5 Å². The van der Waals surface area contributed by atoms with Gasteiger partial charge in [0.25, 0.3) is 0 Å². The van der Waals surface area contributed by atoms with Gasteiger partial charge >= 0.3 is 17.6 Å². The topological polar surface area (TPSA) is 305 Å². The second kappa shape index (κ2) is 9.21. The summed E-state index contributed by atoms with van der Waals surface area (Å²) in [4.78, 5) is 40.7. The first-order chi connectivity index (χ1) is 20.7. The summed E-state index contributed by atoms with van der Waals surface area (Å²) in [5.74, 6) is -16.2. The molecule has 0 saturated carbocycles. The van der Waals surface area contributed by atoms with Gasteiger partial charge in [0.2, 0.25) is 17.2 Å². The van der Waals surface area contributed by atoms with Gasteiger partial charge in [-0.1, -0.05) is 0 Å². The summed E-state index contributed by atoms with van der Waals surface area (Å²) in [5, 5.41) is 116. The summed E-state index contributed by atoms with van der Waals surface area (Å²) >= 11 is 0. The summed E-state index contributed by atoms with van der Waals surface area (Å²) in [5.41, 5.74) is -7.89. The molecule has 0 radical (unpaired) electrons. The lowest BCUT2D eigenvalue weighted by molar-refractivity contribution is -0.0982. The molecular formula is C27H18O17. The predicted octanol–water partition coefficient (Wildman–Crippen LogP) is 0.581. The summed E-state index contributed by atoms with van der Waals surface area (Å²) < 4.78 is 15.7. The third kappa shape index (κ3) is 3.50. The highest BCUT2D eigenvalue weighted by Crippen LogP contribution is 2.60. The zero-order valence-electron chi connectivity index (χ0n) is 21.5. The van der Waals surface area contributed by atoms with Crippen molar-refractivity contribution in [3.8, 4) is 74.0 Å². The van der Waals surface area contributed by atoms with Crippen LogP contribution in [0.3, 0.4) is 0 Å². The SMILES string of the molecule is O=C1O[C@@H](CO)[C@@H](O)[C@@H]2OC(=O)c3c(c(O)c(O)c(O)c3-c3c(O)c(O)c(O)c4cc2oc(=O)c34)-c2c1cc(O)c(O)c2O. The van der Waals surface area contributed by atoms with Gasteiger partial charge < -0.3 is 70.1 Å². The van der Waals surface area contributed by atoms with E-state index in [4.69, 9.17) is 13.9 Å². The number of benzene rings is 3. The number of ether oxygens (including phenoxy) is 2. The average Bonchev–Trinajstić information content (AvgIpc) is 3.00. The molecular weight excluding hydrogens is 596 g/mol. The van der Waals surface area contributed by atoms with E-state index in [0.717, 1.165) is 6.07 Å². The van der Waals surface area contributed by atoms with Crippen LogP contribution in [-0.2, 0) is 9.47 Å². The van der Waals surface area contributed by atoms with Crippen molar-refractivity contribution in [1.29, 1.82) is 0 Å². The molecule has 11 N–H and O–H groups in total. The number of rotatable bonds is 1. The number of aromatic hydroxyl groups is 9. The number of carbonyl (C=O) groups excluding carboxylic acids is 2. The normalized spacial score (nSPS) is 19.0. The number of fused-ring (bicyclic) bond motifs is 3. The van der Waals surface area contributed by atoms with Crippen LogP contribution < -0.4 is 5.63 Å². The Morgan fingerprint density at radius 3 is 1.82 bits per heavy atom. The van der Waals surface area contributed by atoms with E-state index in [1.54, 1.807) is 0 Å². The zero-order valence-corrected chi connectivity index (χ0v) is 21.5. The lowest BCUT2D eigenvalue weighted by Gasteiger charge is -2.29. The van der Waals surface area contributed by atoms with E-state index in [2.05, 4.69) is 0 Å². The molecule has 3 aromatic carbocycles. The van der Waals surface area contributed by atoms with E-state index in [9.17, 15) is 70.6 Å². The molecule has 7 rings (SSSR count). The summed E-state index contributed by atoms with van der Waals surface area (Å²) in [7, 11) is 0. The highest BCUT2D eigenvalue weighted by molar-refractivity contribution is 6.17. The Bertz CT molecular complexity index is 2040. The number of aliphatic hydroxyl groups excluding tert-OH is 2. The number of aliphatic hydroxyl groups is 2. The molecule has 4 aromatic rings. The first-order valence-electron chi connectivity index (χ1n) is 12.3. The first-order valence-corrected chi connectivity index (χ1v) is 12.3. The third-order valence-corrected chi connectivity index (χ3v) is 7.41. The second-order valence-electron chi connectivity index (χ2n) is 9.77. The predicted molar refractivity (Wildman–Crippen MR) is 139 cm³/mol. The van der Waals surface area contributed by atoms with Crippen LogP contribution in [0.2, 0.25) is 0 Å². The lowest BCUT2D eigenvalue weighted by Crippen LogP contribution is -2.40. The maximum absolute atomic E-state index is 14.0. The number of hydrogen-bond acceptors (Lipinski definition) is 17. The van der Waals surface area contributed by atoms with Crippen molar-refractivity contribution in [2.75, 3.05) is 6.61 Å². The van der Waals surface area contributed by atoms with E-state index in [0.29, 0.717) is 6.07 Å². The highest BCUT2D eigenvalue weighted by Gasteiger charge is 2.44. The van der Waals surface area contributed by atoms with E-state index < -0.39 is 144 Å².